The number of morpholine rings is 1. The Morgan fingerprint density at radius 2 is 1.91 bits per heavy atom. The summed E-state index contributed by atoms with van der Waals surface area (Å²) in [4.78, 5) is 12.5. The molecule has 1 aromatic heterocycles. The minimum atomic E-state index is 0.402. The van der Waals surface area contributed by atoms with Gasteiger partial charge in [0.15, 0.2) is 0 Å². The van der Waals surface area contributed by atoms with Gasteiger partial charge in [-0.25, -0.2) is 4.98 Å². The van der Waals surface area contributed by atoms with E-state index >= 15 is 0 Å². The molecule has 0 unspecified atom stereocenters. The first kappa shape index (κ1) is 22.9. The quantitative estimate of drug-likeness (QED) is 0.675. The number of ether oxygens (including phenoxy) is 1. The van der Waals surface area contributed by atoms with Crippen LogP contribution in [0.3, 0.4) is 0 Å². The Hall–Kier alpha value is -2.31. The molecule has 0 saturated carbocycles. The van der Waals surface area contributed by atoms with Crippen LogP contribution < -0.4 is 10.2 Å². The maximum absolute atomic E-state index is 5.56. The van der Waals surface area contributed by atoms with E-state index in [1.54, 1.807) is 0 Å². The summed E-state index contributed by atoms with van der Waals surface area (Å²) in [6, 6.07) is 4.87. The number of hydrogen-bond donors (Lipinski definition) is 1. The van der Waals surface area contributed by atoms with Gasteiger partial charge in [-0.2, -0.15) is 0 Å². The number of rotatable bonds is 7. The lowest BCUT2D eigenvalue weighted by molar-refractivity contribution is 0.0267. The minimum absolute atomic E-state index is 0.402. The molecule has 174 valence electrons. The first-order valence-electron chi connectivity index (χ1n) is 12.1. The van der Waals surface area contributed by atoms with Crippen molar-refractivity contribution in [3.8, 4) is 0 Å². The van der Waals surface area contributed by atoms with Gasteiger partial charge in [0.25, 0.3) is 0 Å². The fourth-order valence-corrected chi connectivity index (χ4v) is 4.98. The van der Waals surface area contributed by atoms with E-state index < -0.39 is 0 Å². The largest absolute Gasteiger partial charge is 0.379 e. The Morgan fingerprint density at radius 1 is 1.16 bits per heavy atom. The molecule has 6 heteroatoms. The van der Waals surface area contributed by atoms with E-state index in [9.17, 15) is 0 Å². The van der Waals surface area contributed by atoms with Crippen LogP contribution in [0.5, 0.6) is 0 Å². The van der Waals surface area contributed by atoms with Gasteiger partial charge >= 0.3 is 0 Å². The second-order valence-corrected chi connectivity index (χ2v) is 9.51. The molecule has 0 aromatic carbocycles. The van der Waals surface area contributed by atoms with E-state index in [1.165, 1.54) is 22.5 Å². The smallest absolute Gasteiger partial charge is 0.150 e. The monoisotopic (exact) mass is 437 g/mol. The average molecular weight is 438 g/mol. The van der Waals surface area contributed by atoms with Crippen LogP contribution in [-0.4, -0.2) is 67.3 Å². The van der Waals surface area contributed by atoms with Crippen molar-refractivity contribution >= 4 is 11.5 Å². The second-order valence-electron chi connectivity index (χ2n) is 9.51. The van der Waals surface area contributed by atoms with Crippen LogP contribution in [0.1, 0.15) is 52.7 Å². The SMILES string of the molecule is CC[C@H](CN1CCOCC1)N1CC(C)=C2C1=CC(C)=CN2c1ccc(C(C)C)nc1NC. The summed E-state index contributed by atoms with van der Waals surface area (Å²) < 4.78 is 5.56. The molecule has 1 N–H and O–H groups in total. The lowest BCUT2D eigenvalue weighted by Crippen LogP contribution is -2.46. The molecule has 0 amide bonds. The number of fused-ring (bicyclic) bond motifs is 1. The van der Waals surface area contributed by atoms with Gasteiger partial charge in [-0.15, -0.1) is 0 Å². The van der Waals surface area contributed by atoms with Gasteiger partial charge in [0.1, 0.15) is 5.82 Å². The van der Waals surface area contributed by atoms with Crippen LogP contribution in [0.2, 0.25) is 0 Å². The van der Waals surface area contributed by atoms with Gasteiger partial charge in [-0.3, -0.25) is 4.90 Å². The van der Waals surface area contributed by atoms with E-state index in [4.69, 9.17) is 9.72 Å². The highest BCUT2D eigenvalue weighted by Crippen LogP contribution is 2.41. The number of anilines is 2. The number of aromatic nitrogens is 1. The van der Waals surface area contributed by atoms with Crippen molar-refractivity contribution in [1.29, 1.82) is 0 Å². The summed E-state index contributed by atoms with van der Waals surface area (Å²) in [5, 5.41) is 3.34. The molecule has 6 nitrogen and oxygen atoms in total. The van der Waals surface area contributed by atoms with E-state index in [0.29, 0.717) is 12.0 Å². The maximum Gasteiger partial charge on any atom is 0.150 e. The van der Waals surface area contributed by atoms with Crippen molar-refractivity contribution in [2.45, 2.75) is 53.0 Å². The fourth-order valence-electron chi connectivity index (χ4n) is 4.98. The number of allylic oxidation sites excluding steroid dienone is 2. The first-order chi connectivity index (χ1) is 15.4. The van der Waals surface area contributed by atoms with Gasteiger partial charge in [0.2, 0.25) is 0 Å². The van der Waals surface area contributed by atoms with Crippen LogP contribution >= 0.6 is 0 Å². The number of nitrogens with zero attached hydrogens (tertiary/aromatic N) is 4. The topological polar surface area (TPSA) is 43.9 Å². The standard InChI is InChI=1S/C26H39N5O/c1-7-21(17-29-10-12-32-13-11-29)30-16-20(5)25-24(30)14-19(4)15-31(25)23-9-8-22(18(2)3)28-26(23)27-6/h8-9,14-15,18,21H,7,10-13,16-17H2,1-6H3,(H,27,28)/t21-/m1/s1. The Morgan fingerprint density at radius 3 is 2.56 bits per heavy atom. The Kier molecular flexibility index (Phi) is 6.91. The molecule has 4 heterocycles. The molecule has 32 heavy (non-hydrogen) atoms. The van der Waals surface area contributed by atoms with Crippen molar-refractivity contribution in [2.75, 3.05) is 56.7 Å². The van der Waals surface area contributed by atoms with E-state index in [1.807, 2.05) is 7.05 Å². The molecular weight excluding hydrogens is 398 g/mol. The molecule has 1 aromatic rings. The molecule has 1 fully saturated rings. The molecule has 1 atom stereocenters. The van der Waals surface area contributed by atoms with Crippen LogP contribution in [0.25, 0.3) is 0 Å². The Bertz CT molecular complexity index is 926. The highest BCUT2D eigenvalue weighted by Gasteiger charge is 2.35. The summed E-state index contributed by atoms with van der Waals surface area (Å²) in [6.07, 6.45) is 5.74. The van der Waals surface area contributed by atoms with Crippen LogP contribution in [0.4, 0.5) is 11.5 Å². The fraction of sp³-hybridized carbons (Fsp3) is 0.577. The third-order valence-corrected chi connectivity index (χ3v) is 6.77. The molecule has 3 aliphatic heterocycles. The summed E-state index contributed by atoms with van der Waals surface area (Å²) >= 11 is 0. The molecule has 3 aliphatic rings. The molecule has 4 rings (SSSR count). The van der Waals surface area contributed by atoms with Crippen molar-refractivity contribution < 1.29 is 4.74 Å². The zero-order valence-corrected chi connectivity index (χ0v) is 20.6. The highest BCUT2D eigenvalue weighted by molar-refractivity contribution is 5.75. The van der Waals surface area contributed by atoms with Crippen LogP contribution in [0.15, 0.2) is 46.9 Å². The van der Waals surface area contributed by atoms with E-state index in [0.717, 1.165) is 63.0 Å². The molecule has 0 bridgehead atoms. The summed E-state index contributed by atoms with van der Waals surface area (Å²) in [5.74, 6) is 1.33. The maximum atomic E-state index is 5.56. The van der Waals surface area contributed by atoms with Gasteiger partial charge in [-0.1, -0.05) is 20.8 Å². The highest BCUT2D eigenvalue weighted by atomic mass is 16.5. The van der Waals surface area contributed by atoms with Crippen LogP contribution in [-0.2, 0) is 4.74 Å². The average Bonchev–Trinajstić information content (AvgIpc) is 3.13. The lowest BCUT2D eigenvalue weighted by Gasteiger charge is -2.38. The van der Waals surface area contributed by atoms with Crippen molar-refractivity contribution in [3.05, 3.63) is 52.6 Å². The molecule has 0 radical (unpaired) electrons. The van der Waals surface area contributed by atoms with E-state index in [-0.39, 0.29) is 0 Å². The molecule has 1 saturated heterocycles. The predicted octanol–water partition coefficient (Wildman–Crippen LogP) is 4.55. The van der Waals surface area contributed by atoms with Gasteiger partial charge in [0.05, 0.1) is 30.3 Å². The number of nitrogens with one attached hydrogen (secondary N) is 1. The normalized spacial score (nSPS) is 20.5. The molecule has 0 spiro atoms. The third-order valence-electron chi connectivity index (χ3n) is 6.77. The van der Waals surface area contributed by atoms with Crippen molar-refractivity contribution in [3.63, 3.8) is 0 Å². The Balaban J connectivity index is 1.65. The van der Waals surface area contributed by atoms with Gasteiger partial charge in [-0.05, 0) is 55.5 Å². The van der Waals surface area contributed by atoms with Crippen LogP contribution in [0, 0.1) is 0 Å². The zero-order valence-electron chi connectivity index (χ0n) is 20.6. The molecular formula is C26H39N5O. The van der Waals surface area contributed by atoms with Crippen molar-refractivity contribution in [2.24, 2.45) is 0 Å². The molecule has 0 aliphatic carbocycles. The predicted molar refractivity (Wildman–Crippen MR) is 133 cm³/mol. The zero-order chi connectivity index (χ0) is 22.8. The Labute approximate surface area is 193 Å². The number of hydrogen-bond acceptors (Lipinski definition) is 6. The van der Waals surface area contributed by atoms with E-state index in [2.05, 4.69) is 79.0 Å². The second kappa shape index (κ2) is 9.67. The minimum Gasteiger partial charge on any atom is -0.379 e. The summed E-state index contributed by atoms with van der Waals surface area (Å²) in [7, 11) is 1.96. The first-order valence-corrected chi connectivity index (χ1v) is 12.1. The summed E-state index contributed by atoms with van der Waals surface area (Å²) in [6.45, 7) is 17.0. The van der Waals surface area contributed by atoms with Gasteiger partial charge in [0, 0.05) is 51.2 Å². The van der Waals surface area contributed by atoms with Crippen molar-refractivity contribution in [1.82, 2.24) is 14.8 Å². The number of pyridine rings is 1. The summed E-state index contributed by atoms with van der Waals surface area (Å²) in [5.41, 5.74) is 7.56. The van der Waals surface area contributed by atoms with Gasteiger partial charge < -0.3 is 19.9 Å². The third kappa shape index (κ3) is 4.44. The lowest BCUT2D eigenvalue weighted by atomic mass is 10.1.